The molecule has 0 spiro atoms. The van der Waals surface area contributed by atoms with Crippen molar-refractivity contribution in [3.05, 3.63) is 24.3 Å². The van der Waals surface area contributed by atoms with Crippen molar-refractivity contribution < 1.29 is 17.9 Å². The molecule has 0 fully saturated rings. The summed E-state index contributed by atoms with van der Waals surface area (Å²) in [6, 6.07) is -0.419. The smallest absolute Gasteiger partial charge is 0.364 e. The standard InChI is InChI=1S/C12H18F3NO/c1-11(2,12(13,14)15)17-8-10(16)9-6-4-3-5-7-9/h3-6,9-10H,7-8,16H2,1-2H3/t9?,10-/m1/s1. The van der Waals surface area contributed by atoms with Crippen molar-refractivity contribution in [2.75, 3.05) is 6.61 Å². The van der Waals surface area contributed by atoms with Gasteiger partial charge in [0.1, 0.15) is 0 Å². The summed E-state index contributed by atoms with van der Waals surface area (Å²) in [6.07, 6.45) is 3.95. The first-order valence-electron chi connectivity index (χ1n) is 5.53. The highest BCUT2D eigenvalue weighted by Gasteiger charge is 2.48. The van der Waals surface area contributed by atoms with Crippen LogP contribution in [0.5, 0.6) is 0 Å². The molecular formula is C12H18F3NO. The predicted octanol–water partition coefficient (Wildman–Crippen LogP) is 2.80. The van der Waals surface area contributed by atoms with Gasteiger partial charge in [-0.15, -0.1) is 0 Å². The van der Waals surface area contributed by atoms with E-state index in [0.29, 0.717) is 0 Å². The number of rotatable bonds is 4. The van der Waals surface area contributed by atoms with Gasteiger partial charge in [0.25, 0.3) is 0 Å². The second-order valence-electron chi connectivity index (χ2n) is 4.70. The first-order chi connectivity index (χ1) is 7.74. The van der Waals surface area contributed by atoms with Gasteiger partial charge in [0.05, 0.1) is 6.61 Å². The van der Waals surface area contributed by atoms with Crippen molar-refractivity contribution in [2.45, 2.75) is 38.1 Å². The zero-order chi connectivity index (χ0) is 13.1. The summed E-state index contributed by atoms with van der Waals surface area (Å²) in [7, 11) is 0. The summed E-state index contributed by atoms with van der Waals surface area (Å²) in [6.45, 7) is 1.92. The normalized spacial score (nSPS) is 22.8. The van der Waals surface area contributed by atoms with Crippen molar-refractivity contribution in [3.8, 4) is 0 Å². The molecule has 5 heteroatoms. The monoisotopic (exact) mass is 249 g/mol. The molecule has 0 amide bonds. The minimum absolute atomic E-state index is 0.0454. The van der Waals surface area contributed by atoms with Gasteiger partial charge in [-0.1, -0.05) is 24.3 Å². The van der Waals surface area contributed by atoms with Crippen LogP contribution < -0.4 is 5.73 Å². The molecule has 1 aliphatic rings. The summed E-state index contributed by atoms with van der Waals surface area (Å²) < 4.78 is 42.5. The topological polar surface area (TPSA) is 35.2 Å². The zero-order valence-corrected chi connectivity index (χ0v) is 10.00. The molecule has 0 aromatic heterocycles. The number of allylic oxidation sites excluding steroid dienone is 3. The van der Waals surface area contributed by atoms with Crippen LogP contribution in [0.3, 0.4) is 0 Å². The van der Waals surface area contributed by atoms with Crippen molar-refractivity contribution in [2.24, 2.45) is 11.7 Å². The van der Waals surface area contributed by atoms with Gasteiger partial charge >= 0.3 is 6.18 Å². The Kier molecular flexibility index (Phi) is 4.38. The van der Waals surface area contributed by atoms with Gasteiger partial charge in [0.15, 0.2) is 5.60 Å². The molecule has 2 atom stereocenters. The Bertz CT molecular complexity index is 307. The van der Waals surface area contributed by atoms with Crippen LogP contribution in [0, 0.1) is 5.92 Å². The highest BCUT2D eigenvalue weighted by Crippen LogP contribution is 2.33. The molecule has 0 aromatic carbocycles. The third kappa shape index (κ3) is 3.85. The number of ether oxygens (including phenoxy) is 1. The Hall–Kier alpha value is -0.810. The lowest BCUT2D eigenvalue weighted by Gasteiger charge is -2.30. The molecule has 17 heavy (non-hydrogen) atoms. The van der Waals surface area contributed by atoms with Crippen LogP contribution in [-0.2, 0) is 4.74 Å². The molecule has 98 valence electrons. The Balaban J connectivity index is 2.45. The van der Waals surface area contributed by atoms with Crippen LogP contribution in [0.1, 0.15) is 20.3 Å². The number of hydrogen-bond acceptors (Lipinski definition) is 2. The van der Waals surface area contributed by atoms with E-state index >= 15 is 0 Å². The molecule has 0 saturated heterocycles. The van der Waals surface area contributed by atoms with Crippen molar-refractivity contribution >= 4 is 0 Å². The Labute approximate surface area is 99.3 Å². The maximum Gasteiger partial charge on any atom is 0.416 e. The quantitative estimate of drug-likeness (QED) is 0.831. The zero-order valence-electron chi connectivity index (χ0n) is 10.00. The largest absolute Gasteiger partial charge is 0.416 e. The van der Waals surface area contributed by atoms with Crippen LogP contribution in [0.4, 0.5) is 13.2 Å². The summed E-state index contributed by atoms with van der Waals surface area (Å²) in [5, 5.41) is 0. The van der Waals surface area contributed by atoms with Gasteiger partial charge in [0.2, 0.25) is 0 Å². The Morgan fingerprint density at radius 3 is 2.47 bits per heavy atom. The molecule has 0 aromatic rings. The van der Waals surface area contributed by atoms with E-state index in [9.17, 15) is 13.2 Å². The van der Waals surface area contributed by atoms with Crippen LogP contribution in [0.15, 0.2) is 24.3 Å². The number of alkyl halides is 3. The highest BCUT2D eigenvalue weighted by molar-refractivity contribution is 5.12. The number of nitrogens with two attached hydrogens (primary N) is 1. The van der Waals surface area contributed by atoms with E-state index in [1.807, 2.05) is 24.3 Å². The molecule has 1 unspecified atom stereocenters. The van der Waals surface area contributed by atoms with Gasteiger partial charge in [-0.05, 0) is 26.2 Å². The molecular weight excluding hydrogens is 231 g/mol. The SMILES string of the molecule is CC(C)(OC[C@@H](N)C1C=CC=CC1)C(F)(F)F. The van der Waals surface area contributed by atoms with E-state index in [0.717, 1.165) is 20.3 Å². The van der Waals surface area contributed by atoms with E-state index in [1.54, 1.807) is 0 Å². The van der Waals surface area contributed by atoms with Crippen molar-refractivity contribution in [3.63, 3.8) is 0 Å². The van der Waals surface area contributed by atoms with E-state index < -0.39 is 17.8 Å². The molecule has 0 aliphatic heterocycles. The molecule has 0 radical (unpaired) electrons. The van der Waals surface area contributed by atoms with Gasteiger partial charge in [-0.25, -0.2) is 0 Å². The van der Waals surface area contributed by atoms with Crippen LogP contribution in [0.2, 0.25) is 0 Å². The molecule has 0 bridgehead atoms. The molecule has 0 heterocycles. The van der Waals surface area contributed by atoms with Gasteiger partial charge < -0.3 is 10.5 Å². The Morgan fingerprint density at radius 2 is 2.00 bits per heavy atom. The van der Waals surface area contributed by atoms with E-state index in [2.05, 4.69) is 0 Å². The highest BCUT2D eigenvalue weighted by atomic mass is 19.4. The van der Waals surface area contributed by atoms with E-state index in [4.69, 9.17) is 10.5 Å². The fourth-order valence-corrected chi connectivity index (χ4v) is 1.43. The summed E-state index contributed by atoms with van der Waals surface area (Å²) >= 11 is 0. The lowest BCUT2D eigenvalue weighted by atomic mass is 9.93. The maximum atomic E-state index is 12.5. The fraction of sp³-hybridized carbons (Fsp3) is 0.667. The second kappa shape index (κ2) is 5.23. The third-order valence-electron chi connectivity index (χ3n) is 2.88. The maximum absolute atomic E-state index is 12.5. The molecule has 1 aliphatic carbocycles. The predicted molar refractivity (Wildman–Crippen MR) is 60.4 cm³/mol. The fourth-order valence-electron chi connectivity index (χ4n) is 1.43. The van der Waals surface area contributed by atoms with Crippen molar-refractivity contribution in [1.82, 2.24) is 0 Å². The molecule has 2 N–H and O–H groups in total. The number of hydrogen-bond donors (Lipinski definition) is 1. The van der Waals surface area contributed by atoms with Crippen LogP contribution >= 0.6 is 0 Å². The van der Waals surface area contributed by atoms with Crippen molar-refractivity contribution in [1.29, 1.82) is 0 Å². The molecule has 2 nitrogen and oxygen atoms in total. The van der Waals surface area contributed by atoms with E-state index in [-0.39, 0.29) is 12.5 Å². The average Bonchev–Trinajstić information content (AvgIpc) is 2.25. The van der Waals surface area contributed by atoms with Crippen LogP contribution in [0.25, 0.3) is 0 Å². The van der Waals surface area contributed by atoms with Gasteiger partial charge in [-0.2, -0.15) is 13.2 Å². The first kappa shape index (κ1) is 14.3. The minimum Gasteiger partial charge on any atom is -0.364 e. The summed E-state index contributed by atoms with van der Waals surface area (Å²) in [5.74, 6) is 0.0454. The van der Waals surface area contributed by atoms with Gasteiger partial charge in [0, 0.05) is 6.04 Å². The molecule has 1 rings (SSSR count). The molecule has 0 saturated carbocycles. The Morgan fingerprint density at radius 1 is 1.35 bits per heavy atom. The summed E-state index contributed by atoms with van der Waals surface area (Å²) in [4.78, 5) is 0. The number of halogens is 3. The lowest BCUT2D eigenvalue weighted by Crippen LogP contribution is -2.46. The second-order valence-corrected chi connectivity index (χ2v) is 4.70. The minimum atomic E-state index is -4.38. The van der Waals surface area contributed by atoms with E-state index in [1.165, 1.54) is 0 Å². The lowest BCUT2D eigenvalue weighted by molar-refractivity contribution is -0.264. The summed E-state index contributed by atoms with van der Waals surface area (Å²) in [5.41, 5.74) is 3.67. The first-order valence-corrected chi connectivity index (χ1v) is 5.53. The average molecular weight is 249 g/mol. The van der Waals surface area contributed by atoms with Crippen LogP contribution in [-0.4, -0.2) is 24.4 Å². The third-order valence-corrected chi connectivity index (χ3v) is 2.88. The van der Waals surface area contributed by atoms with Gasteiger partial charge in [-0.3, -0.25) is 0 Å².